The van der Waals surface area contributed by atoms with E-state index in [1.165, 1.54) is 11.6 Å². The van der Waals surface area contributed by atoms with Gasteiger partial charge >= 0.3 is 0 Å². The fraction of sp³-hybridized carbons (Fsp3) is 0.350. The van der Waals surface area contributed by atoms with Crippen molar-refractivity contribution in [3.63, 3.8) is 0 Å². The molecule has 1 aliphatic rings. The van der Waals surface area contributed by atoms with Crippen LogP contribution in [0, 0.1) is 25.8 Å². The molecule has 1 unspecified atom stereocenters. The van der Waals surface area contributed by atoms with Crippen LogP contribution in [0.25, 0.3) is 22.1 Å². The summed E-state index contributed by atoms with van der Waals surface area (Å²) in [7, 11) is 0. The molecule has 2 radical (unpaired) electrons. The largest absolute Gasteiger partial charge is 0.436 e. The predicted molar refractivity (Wildman–Crippen MR) is 95.2 cm³/mol. The van der Waals surface area contributed by atoms with Crippen molar-refractivity contribution < 1.29 is 4.42 Å². The molecule has 1 fully saturated rings. The zero-order valence-corrected chi connectivity index (χ0v) is 14.2. The number of anilines is 1. The van der Waals surface area contributed by atoms with Gasteiger partial charge in [-0.1, -0.05) is 19.1 Å². The molecule has 2 aromatic heterocycles. The summed E-state index contributed by atoms with van der Waals surface area (Å²) in [6.45, 7) is 13.3. The van der Waals surface area contributed by atoms with E-state index in [-0.39, 0.29) is 5.54 Å². The van der Waals surface area contributed by atoms with E-state index in [0.29, 0.717) is 11.6 Å². The van der Waals surface area contributed by atoms with E-state index >= 15 is 0 Å². The average Bonchev–Trinajstić information content (AvgIpc) is 2.96. The van der Waals surface area contributed by atoms with E-state index in [0.717, 1.165) is 28.5 Å². The van der Waals surface area contributed by atoms with Crippen LogP contribution in [0.15, 0.2) is 34.9 Å². The number of rotatable bonds is 1. The maximum Gasteiger partial charge on any atom is 0.227 e. The maximum absolute atomic E-state index is 6.16. The third-order valence-electron chi connectivity index (χ3n) is 5.08. The van der Waals surface area contributed by atoms with E-state index in [1.807, 2.05) is 6.07 Å². The Morgan fingerprint density at radius 3 is 2.74 bits per heavy atom. The average molecular weight is 306 g/mol. The van der Waals surface area contributed by atoms with Gasteiger partial charge < -0.3 is 9.32 Å². The lowest BCUT2D eigenvalue weighted by Gasteiger charge is -2.37. The molecule has 1 saturated heterocycles. The van der Waals surface area contributed by atoms with Crippen LogP contribution in [-0.4, -0.2) is 10.5 Å². The van der Waals surface area contributed by atoms with E-state index in [1.54, 1.807) is 6.20 Å². The van der Waals surface area contributed by atoms with Crippen molar-refractivity contribution >= 4 is 27.8 Å². The summed E-state index contributed by atoms with van der Waals surface area (Å²) in [5.41, 5.74) is 3.99. The van der Waals surface area contributed by atoms with Gasteiger partial charge in [0.2, 0.25) is 5.71 Å². The SMILES string of the molecule is [CH2][C]1C(C)CC(C)(C)N1c1c(C)ccc2c1oc1ncccc12. The minimum absolute atomic E-state index is 0.0297. The highest BCUT2D eigenvalue weighted by molar-refractivity contribution is 6.08. The van der Waals surface area contributed by atoms with Crippen molar-refractivity contribution in [3.05, 3.63) is 49.0 Å². The first-order valence-electron chi connectivity index (χ1n) is 8.16. The summed E-state index contributed by atoms with van der Waals surface area (Å²) >= 11 is 0. The van der Waals surface area contributed by atoms with E-state index in [9.17, 15) is 0 Å². The number of nitrogens with zero attached hydrogens (tertiary/aromatic N) is 2. The van der Waals surface area contributed by atoms with Crippen LogP contribution in [0.2, 0.25) is 0 Å². The second-order valence-corrected chi connectivity index (χ2v) is 7.31. The second kappa shape index (κ2) is 4.73. The molecule has 1 aromatic carbocycles. The number of benzene rings is 1. The Morgan fingerprint density at radius 1 is 1.26 bits per heavy atom. The Hall–Kier alpha value is -2.03. The molecule has 0 amide bonds. The molecule has 3 aromatic rings. The van der Waals surface area contributed by atoms with Crippen molar-refractivity contribution in [2.75, 3.05) is 4.90 Å². The molecule has 0 N–H and O–H groups in total. The van der Waals surface area contributed by atoms with E-state index in [4.69, 9.17) is 4.42 Å². The minimum atomic E-state index is 0.0297. The molecule has 3 heterocycles. The number of aryl methyl sites for hydroxylation is 1. The highest BCUT2D eigenvalue weighted by Gasteiger charge is 2.44. The summed E-state index contributed by atoms with van der Waals surface area (Å²) in [6, 6.07) is 9.50. The van der Waals surface area contributed by atoms with Gasteiger partial charge in [-0.2, -0.15) is 0 Å². The maximum atomic E-state index is 6.16. The van der Waals surface area contributed by atoms with Crippen molar-refractivity contribution in [3.8, 4) is 0 Å². The van der Waals surface area contributed by atoms with Crippen LogP contribution < -0.4 is 4.90 Å². The van der Waals surface area contributed by atoms with Gasteiger partial charge in [0.05, 0.1) is 11.7 Å². The molecular weight excluding hydrogens is 284 g/mol. The lowest BCUT2D eigenvalue weighted by Crippen LogP contribution is -2.39. The Balaban J connectivity index is 2.05. The number of aromatic nitrogens is 1. The van der Waals surface area contributed by atoms with E-state index < -0.39 is 0 Å². The van der Waals surface area contributed by atoms with Gasteiger partial charge in [-0.3, -0.25) is 0 Å². The van der Waals surface area contributed by atoms with Crippen LogP contribution in [0.3, 0.4) is 0 Å². The molecule has 118 valence electrons. The lowest BCUT2D eigenvalue weighted by atomic mass is 9.96. The van der Waals surface area contributed by atoms with Crippen molar-refractivity contribution in [1.82, 2.24) is 4.98 Å². The molecule has 0 saturated carbocycles. The summed E-state index contributed by atoms with van der Waals surface area (Å²) in [5, 5.41) is 2.19. The van der Waals surface area contributed by atoms with Crippen LogP contribution >= 0.6 is 0 Å². The lowest BCUT2D eigenvalue weighted by molar-refractivity contribution is 0.487. The predicted octanol–water partition coefficient (Wildman–Crippen LogP) is 5.28. The van der Waals surface area contributed by atoms with Gasteiger partial charge in [0.15, 0.2) is 5.58 Å². The normalized spacial score (nSPS) is 21.6. The molecule has 3 nitrogen and oxygen atoms in total. The van der Waals surface area contributed by atoms with Gasteiger partial charge in [0.25, 0.3) is 0 Å². The smallest absolute Gasteiger partial charge is 0.227 e. The van der Waals surface area contributed by atoms with E-state index in [2.05, 4.69) is 62.7 Å². The standard InChI is InChI=1S/C20H22N2O/c1-12-8-9-15-16-7-6-10-21-19(16)23-18(15)17(12)22-14(3)13(2)11-20(22,4)5/h6-10,13H,3,11H2,1-2,4-5H3. The van der Waals surface area contributed by atoms with Crippen LogP contribution in [0.4, 0.5) is 5.69 Å². The molecule has 1 atom stereocenters. The number of hydrogen-bond donors (Lipinski definition) is 0. The summed E-state index contributed by atoms with van der Waals surface area (Å²) in [4.78, 5) is 6.75. The Bertz CT molecular complexity index is 893. The highest BCUT2D eigenvalue weighted by atomic mass is 16.3. The summed E-state index contributed by atoms with van der Waals surface area (Å²) in [6.07, 6.45) is 2.87. The van der Waals surface area contributed by atoms with Crippen LogP contribution in [0.5, 0.6) is 0 Å². The minimum Gasteiger partial charge on any atom is -0.436 e. The number of hydrogen-bond acceptors (Lipinski definition) is 3. The Kier molecular flexibility index (Phi) is 2.99. The zero-order valence-electron chi connectivity index (χ0n) is 14.2. The van der Waals surface area contributed by atoms with Gasteiger partial charge in [0, 0.05) is 22.5 Å². The second-order valence-electron chi connectivity index (χ2n) is 7.31. The first-order chi connectivity index (χ1) is 10.9. The first-order valence-corrected chi connectivity index (χ1v) is 8.16. The number of fused-ring (bicyclic) bond motifs is 3. The topological polar surface area (TPSA) is 29.3 Å². The van der Waals surface area contributed by atoms with Crippen LogP contribution in [0.1, 0.15) is 32.8 Å². The van der Waals surface area contributed by atoms with Gasteiger partial charge in [-0.15, -0.1) is 0 Å². The first kappa shape index (κ1) is 14.6. The summed E-state index contributed by atoms with van der Waals surface area (Å²) < 4.78 is 6.16. The molecule has 0 spiro atoms. The molecular formula is C20H22N2O. The third kappa shape index (κ3) is 1.99. The molecule has 1 aliphatic heterocycles. The molecule has 0 aliphatic carbocycles. The monoisotopic (exact) mass is 306 g/mol. The third-order valence-corrected chi connectivity index (χ3v) is 5.08. The highest BCUT2D eigenvalue weighted by Crippen LogP contribution is 2.49. The van der Waals surface area contributed by atoms with Crippen LogP contribution in [-0.2, 0) is 0 Å². The van der Waals surface area contributed by atoms with Crippen molar-refractivity contribution in [2.24, 2.45) is 5.92 Å². The van der Waals surface area contributed by atoms with Gasteiger partial charge in [-0.05, 0) is 57.7 Å². The van der Waals surface area contributed by atoms with Gasteiger partial charge in [-0.25, -0.2) is 4.98 Å². The Labute approximate surface area is 137 Å². The fourth-order valence-corrected chi connectivity index (χ4v) is 4.05. The number of furan rings is 1. The number of pyridine rings is 1. The van der Waals surface area contributed by atoms with Gasteiger partial charge in [0.1, 0.15) is 0 Å². The molecule has 3 heteroatoms. The summed E-state index contributed by atoms with van der Waals surface area (Å²) in [5.74, 6) is 0.474. The molecule has 4 rings (SSSR count). The Morgan fingerprint density at radius 2 is 2.04 bits per heavy atom. The quantitative estimate of drug-likeness (QED) is 0.612. The van der Waals surface area contributed by atoms with Crippen molar-refractivity contribution in [1.29, 1.82) is 0 Å². The molecule has 23 heavy (non-hydrogen) atoms. The zero-order chi connectivity index (χ0) is 16.4. The van der Waals surface area contributed by atoms with Crippen molar-refractivity contribution in [2.45, 2.75) is 39.7 Å². The molecule has 0 bridgehead atoms. The fourth-order valence-electron chi connectivity index (χ4n) is 4.05.